The van der Waals surface area contributed by atoms with Gasteiger partial charge in [0.1, 0.15) is 5.65 Å². The molecule has 6 nitrogen and oxygen atoms in total. The molecule has 0 bridgehead atoms. The van der Waals surface area contributed by atoms with Gasteiger partial charge in [0.25, 0.3) is 0 Å². The summed E-state index contributed by atoms with van der Waals surface area (Å²) in [4.78, 5) is 20.3. The quantitative estimate of drug-likeness (QED) is 0.379. The Kier molecular flexibility index (Phi) is 4.72. The minimum Gasteiger partial charge on any atom is -0.453 e. The largest absolute Gasteiger partial charge is 0.453 e. The third kappa shape index (κ3) is 3.75. The summed E-state index contributed by atoms with van der Waals surface area (Å²) in [6.07, 6.45) is 6.28. The number of rotatable bonds is 5. The molecule has 134 valence electrons. The molecular weight excluding hydrogens is 366 g/mol. The highest BCUT2D eigenvalue weighted by atomic mass is 35.5. The zero-order valence-electron chi connectivity index (χ0n) is 14.1. The van der Waals surface area contributed by atoms with Crippen molar-refractivity contribution < 1.29 is 13.9 Å². The number of hydrogen-bond acceptors (Lipinski definition) is 5. The molecule has 0 saturated heterocycles. The average molecular weight is 380 g/mol. The van der Waals surface area contributed by atoms with Gasteiger partial charge in [-0.1, -0.05) is 48.0 Å². The molecule has 1 aromatic carbocycles. The van der Waals surface area contributed by atoms with E-state index in [4.69, 9.17) is 20.8 Å². The van der Waals surface area contributed by atoms with Crippen LogP contribution in [-0.2, 0) is 16.1 Å². The summed E-state index contributed by atoms with van der Waals surface area (Å²) in [5.74, 6) is 0.412. The van der Waals surface area contributed by atoms with E-state index in [0.29, 0.717) is 28.1 Å². The number of nitrogens with zero attached hydrogens (tertiary/aromatic N) is 3. The lowest BCUT2D eigenvalue weighted by Gasteiger charge is -1.99. The fourth-order valence-corrected chi connectivity index (χ4v) is 2.82. The molecule has 3 aromatic heterocycles. The van der Waals surface area contributed by atoms with Crippen molar-refractivity contribution in [2.75, 3.05) is 0 Å². The molecule has 0 unspecified atom stereocenters. The van der Waals surface area contributed by atoms with Gasteiger partial charge in [0.2, 0.25) is 5.89 Å². The number of pyridine rings is 1. The van der Waals surface area contributed by atoms with Gasteiger partial charge in [-0.25, -0.2) is 14.8 Å². The van der Waals surface area contributed by atoms with Gasteiger partial charge < -0.3 is 9.15 Å². The Bertz CT molecular complexity index is 1120. The Hall–Kier alpha value is -3.38. The van der Waals surface area contributed by atoms with Gasteiger partial charge in [0, 0.05) is 17.8 Å². The molecule has 0 aliphatic heterocycles. The Morgan fingerprint density at radius 3 is 2.85 bits per heavy atom. The van der Waals surface area contributed by atoms with Gasteiger partial charge in [0.05, 0.1) is 11.9 Å². The number of carbonyl (C=O) groups is 1. The SMILES string of the molecule is O=C(/C=C/c1c(Cl)nc2ccccn12)OCc1ncc(-c2ccccc2)o1. The number of carbonyl (C=O) groups excluding carboxylic acids is 1. The van der Waals surface area contributed by atoms with Gasteiger partial charge in [-0.15, -0.1) is 0 Å². The fraction of sp³-hybridized carbons (Fsp3) is 0.0500. The van der Waals surface area contributed by atoms with Gasteiger partial charge in [-0.2, -0.15) is 0 Å². The van der Waals surface area contributed by atoms with Crippen molar-refractivity contribution in [3.63, 3.8) is 0 Å². The number of oxazole rings is 1. The Balaban J connectivity index is 1.41. The van der Waals surface area contributed by atoms with Crippen LogP contribution in [0.4, 0.5) is 0 Å². The van der Waals surface area contributed by atoms with E-state index in [0.717, 1.165) is 5.56 Å². The third-order valence-electron chi connectivity index (χ3n) is 3.85. The number of fused-ring (bicyclic) bond motifs is 1. The number of halogens is 1. The number of esters is 1. The molecule has 0 spiro atoms. The average Bonchev–Trinajstić information content (AvgIpc) is 3.29. The predicted molar refractivity (Wildman–Crippen MR) is 101 cm³/mol. The summed E-state index contributed by atoms with van der Waals surface area (Å²) in [5.41, 5.74) is 2.21. The van der Waals surface area contributed by atoms with Crippen LogP contribution in [-0.4, -0.2) is 20.3 Å². The summed E-state index contributed by atoms with van der Waals surface area (Å²) in [5, 5.41) is 0.311. The van der Waals surface area contributed by atoms with Crippen molar-refractivity contribution in [2.24, 2.45) is 0 Å². The lowest BCUT2D eigenvalue weighted by molar-refractivity contribution is -0.139. The minimum atomic E-state index is -0.531. The van der Waals surface area contributed by atoms with Gasteiger partial charge in [0.15, 0.2) is 17.5 Å². The maximum atomic E-state index is 12.0. The third-order valence-corrected chi connectivity index (χ3v) is 4.13. The van der Waals surface area contributed by atoms with Crippen molar-refractivity contribution in [3.05, 3.63) is 83.7 Å². The zero-order chi connectivity index (χ0) is 18.6. The molecule has 0 aliphatic rings. The second-order valence-electron chi connectivity index (χ2n) is 5.64. The molecule has 0 saturated carbocycles. The Morgan fingerprint density at radius 2 is 2.00 bits per heavy atom. The van der Waals surface area contributed by atoms with E-state index < -0.39 is 5.97 Å². The lowest BCUT2D eigenvalue weighted by atomic mass is 10.2. The van der Waals surface area contributed by atoms with Crippen LogP contribution in [0.2, 0.25) is 5.15 Å². The predicted octanol–water partition coefficient (Wildman–Crippen LogP) is 4.40. The maximum absolute atomic E-state index is 12.0. The van der Waals surface area contributed by atoms with Crippen molar-refractivity contribution in [1.82, 2.24) is 14.4 Å². The van der Waals surface area contributed by atoms with E-state index in [2.05, 4.69) is 9.97 Å². The smallest absolute Gasteiger partial charge is 0.331 e. The molecule has 0 atom stereocenters. The normalized spacial score (nSPS) is 11.3. The molecular formula is C20H14ClN3O3. The first kappa shape index (κ1) is 17.1. The van der Waals surface area contributed by atoms with Crippen molar-refractivity contribution in [3.8, 4) is 11.3 Å². The molecule has 0 aliphatic carbocycles. The molecule has 0 fully saturated rings. The van der Waals surface area contributed by atoms with Gasteiger partial charge >= 0.3 is 5.97 Å². The Morgan fingerprint density at radius 1 is 1.19 bits per heavy atom. The van der Waals surface area contributed by atoms with Crippen LogP contribution in [0.5, 0.6) is 0 Å². The molecule has 27 heavy (non-hydrogen) atoms. The first-order valence-electron chi connectivity index (χ1n) is 8.18. The number of ether oxygens (including phenoxy) is 1. The van der Waals surface area contributed by atoms with E-state index in [1.807, 2.05) is 54.7 Å². The second kappa shape index (κ2) is 7.47. The second-order valence-corrected chi connectivity index (χ2v) is 6.00. The summed E-state index contributed by atoms with van der Waals surface area (Å²) >= 11 is 6.12. The standard InChI is InChI=1S/C20H14ClN3O3/c21-20-15(24-11-5-4-8-17(24)23-20)9-10-19(25)26-13-18-22-12-16(27-18)14-6-2-1-3-7-14/h1-12H,13H2/b10-9+. The molecule has 0 N–H and O–H groups in total. The zero-order valence-corrected chi connectivity index (χ0v) is 14.8. The molecule has 3 heterocycles. The first-order valence-corrected chi connectivity index (χ1v) is 8.56. The minimum absolute atomic E-state index is 0.0586. The van der Waals surface area contributed by atoms with Crippen LogP contribution >= 0.6 is 11.6 Å². The van der Waals surface area contributed by atoms with Crippen LogP contribution in [0.15, 0.2) is 71.4 Å². The fourth-order valence-electron chi connectivity index (χ4n) is 2.58. The molecule has 4 aromatic rings. The number of benzene rings is 1. The molecule has 7 heteroatoms. The van der Waals surface area contributed by atoms with E-state index in [1.165, 1.54) is 6.08 Å². The summed E-state index contributed by atoms with van der Waals surface area (Å²) in [6.45, 7) is -0.0586. The highest BCUT2D eigenvalue weighted by molar-refractivity contribution is 6.31. The van der Waals surface area contributed by atoms with Crippen LogP contribution in [0, 0.1) is 0 Å². The van der Waals surface area contributed by atoms with Crippen LogP contribution in [0.3, 0.4) is 0 Å². The summed E-state index contributed by atoms with van der Waals surface area (Å²) < 4.78 is 12.6. The van der Waals surface area contributed by atoms with Crippen LogP contribution in [0.1, 0.15) is 11.6 Å². The van der Waals surface area contributed by atoms with E-state index in [-0.39, 0.29) is 6.61 Å². The molecule has 0 radical (unpaired) electrons. The number of aromatic nitrogens is 3. The van der Waals surface area contributed by atoms with Crippen molar-refractivity contribution >= 4 is 29.3 Å². The Labute approximate surface area is 159 Å². The number of imidazole rings is 1. The monoisotopic (exact) mass is 379 g/mol. The summed E-state index contributed by atoms with van der Waals surface area (Å²) in [6, 6.07) is 15.1. The lowest BCUT2D eigenvalue weighted by Crippen LogP contribution is -2.01. The van der Waals surface area contributed by atoms with E-state index in [9.17, 15) is 4.79 Å². The number of hydrogen-bond donors (Lipinski definition) is 0. The topological polar surface area (TPSA) is 69.6 Å². The van der Waals surface area contributed by atoms with Gasteiger partial charge in [-0.05, 0) is 18.2 Å². The van der Waals surface area contributed by atoms with Crippen LogP contribution in [0.25, 0.3) is 23.0 Å². The molecule has 0 amide bonds. The highest BCUT2D eigenvalue weighted by Crippen LogP contribution is 2.21. The first-order chi connectivity index (χ1) is 13.2. The maximum Gasteiger partial charge on any atom is 0.331 e. The van der Waals surface area contributed by atoms with Crippen molar-refractivity contribution in [2.45, 2.75) is 6.61 Å². The highest BCUT2D eigenvalue weighted by Gasteiger charge is 2.10. The van der Waals surface area contributed by atoms with Crippen LogP contribution < -0.4 is 0 Å². The summed E-state index contributed by atoms with van der Waals surface area (Å²) in [7, 11) is 0. The van der Waals surface area contributed by atoms with Crippen molar-refractivity contribution in [1.29, 1.82) is 0 Å². The van der Waals surface area contributed by atoms with E-state index in [1.54, 1.807) is 16.7 Å². The molecule has 4 rings (SSSR count). The van der Waals surface area contributed by atoms with Gasteiger partial charge in [-0.3, -0.25) is 4.40 Å². The van der Waals surface area contributed by atoms with E-state index >= 15 is 0 Å².